The highest BCUT2D eigenvalue weighted by Gasteiger charge is 2.28. The molecule has 0 aliphatic heterocycles. The molecular weight excluding hydrogens is 304 g/mol. The third kappa shape index (κ3) is 3.46. The highest BCUT2D eigenvalue weighted by molar-refractivity contribution is 5.82. The second-order valence-electron chi connectivity index (χ2n) is 7.09. The number of nitrogens with two attached hydrogens (primary N) is 1. The molecule has 0 amide bonds. The van der Waals surface area contributed by atoms with Crippen LogP contribution in [0, 0.1) is 0 Å². The van der Waals surface area contributed by atoms with Gasteiger partial charge in [0.15, 0.2) is 0 Å². The van der Waals surface area contributed by atoms with E-state index in [0.29, 0.717) is 12.0 Å². The summed E-state index contributed by atoms with van der Waals surface area (Å²) in [5, 5.41) is 6.41. The molecule has 128 valence electrons. The molecule has 2 unspecified atom stereocenters. The van der Waals surface area contributed by atoms with Gasteiger partial charge in [0.25, 0.3) is 0 Å². The Kier molecular flexibility index (Phi) is 4.82. The predicted molar refractivity (Wildman–Crippen MR) is 106 cm³/mol. The Morgan fingerprint density at radius 3 is 2.64 bits per heavy atom. The molecule has 0 heterocycles. The average Bonchev–Trinajstić information content (AvgIpc) is 3.09. The zero-order valence-corrected chi connectivity index (χ0v) is 14.6. The van der Waals surface area contributed by atoms with E-state index in [9.17, 15) is 0 Å². The lowest BCUT2D eigenvalue weighted by Gasteiger charge is -2.25. The summed E-state index contributed by atoms with van der Waals surface area (Å²) >= 11 is 0. The summed E-state index contributed by atoms with van der Waals surface area (Å²) in [5.74, 6) is 0.584. The van der Waals surface area contributed by atoms with Crippen molar-refractivity contribution in [3.8, 4) is 0 Å². The van der Waals surface area contributed by atoms with Crippen molar-refractivity contribution in [1.29, 1.82) is 0 Å². The molecule has 4 rings (SSSR count). The summed E-state index contributed by atoms with van der Waals surface area (Å²) in [4.78, 5) is 0. The van der Waals surface area contributed by atoms with Gasteiger partial charge in [-0.1, -0.05) is 60.7 Å². The van der Waals surface area contributed by atoms with E-state index in [2.05, 4.69) is 72.0 Å². The van der Waals surface area contributed by atoms with Crippen LogP contribution in [0.3, 0.4) is 0 Å². The van der Waals surface area contributed by atoms with Crippen LogP contribution in [-0.4, -0.2) is 12.6 Å². The van der Waals surface area contributed by atoms with Crippen LogP contribution >= 0.6 is 0 Å². The molecule has 25 heavy (non-hydrogen) atoms. The molecule has 0 saturated heterocycles. The van der Waals surface area contributed by atoms with Gasteiger partial charge in [0.05, 0.1) is 0 Å². The zero-order chi connectivity index (χ0) is 17.1. The fourth-order valence-electron chi connectivity index (χ4n) is 4.23. The van der Waals surface area contributed by atoms with Gasteiger partial charge in [0.2, 0.25) is 0 Å². The molecule has 2 heteroatoms. The van der Waals surface area contributed by atoms with E-state index >= 15 is 0 Å². The van der Waals surface area contributed by atoms with Crippen molar-refractivity contribution in [3.63, 3.8) is 0 Å². The van der Waals surface area contributed by atoms with Crippen LogP contribution in [-0.2, 0) is 13.0 Å². The molecule has 3 aromatic rings. The summed E-state index contributed by atoms with van der Waals surface area (Å²) in [7, 11) is 0. The zero-order valence-electron chi connectivity index (χ0n) is 14.6. The van der Waals surface area contributed by atoms with E-state index in [1.54, 1.807) is 0 Å². The Bertz CT molecular complexity index is 855. The van der Waals surface area contributed by atoms with Gasteiger partial charge in [-0.15, -0.1) is 0 Å². The number of nitrogens with one attached hydrogen (secondary N) is 1. The van der Waals surface area contributed by atoms with Crippen molar-refractivity contribution in [2.75, 3.05) is 6.54 Å². The molecule has 0 radical (unpaired) electrons. The maximum absolute atomic E-state index is 5.92. The third-order valence-corrected chi connectivity index (χ3v) is 5.52. The van der Waals surface area contributed by atoms with Gasteiger partial charge in [-0.2, -0.15) is 0 Å². The van der Waals surface area contributed by atoms with Crippen molar-refractivity contribution in [2.45, 2.75) is 37.8 Å². The highest BCUT2D eigenvalue weighted by atomic mass is 14.9. The summed E-state index contributed by atoms with van der Waals surface area (Å²) in [5.41, 5.74) is 10.3. The lowest BCUT2D eigenvalue weighted by atomic mass is 9.90. The SMILES string of the molecule is NCCC(NCc1ccc2ccccc2c1)C1CCc2ccccc21. The first kappa shape index (κ1) is 16.3. The predicted octanol–water partition coefficient (Wildman–Crippen LogP) is 4.38. The molecule has 0 aromatic heterocycles. The minimum absolute atomic E-state index is 0.445. The van der Waals surface area contributed by atoms with E-state index in [0.717, 1.165) is 19.5 Å². The van der Waals surface area contributed by atoms with Crippen LogP contribution in [0.5, 0.6) is 0 Å². The second kappa shape index (κ2) is 7.38. The first-order chi connectivity index (χ1) is 12.3. The smallest absolute Gasteiger partial charge is 0.0208 e. The van der Waals surface area contributed by atoms with Gasteiger partial charge in [0.1, 0.15) is 0 Å². The van der Waals surface area contributed by atoms with Crippen LogP contribution in [0.2, 0.25) is 0 Å². The van der Waals surface area contributed by atoms with Crippen molar-refractivity contribution in [3.05, 3.63) is 83.4 Å². The Hall–Kier alpha value is -2.16. The minimum atomic E-state index is 0.445. The normalized spacial score (nSPS) is 17.6. The number of fused-ring (bicyclic) bond motifs is 2. The van der Waals surface area contributed by atoms with E-state index in [-0.39, 0.29) is 0 Å². The summed E-state index contributed by atoms with van der Waals surface area (Å²) in [6.07, 6.45) is 3.45. The summed E-state index contributed by atoms with van der Waals surface area (Å²) in [6.45, 7) is 1.63. The number of benzene rings is 3. The highest BCUT2D eigenvalue weighted by Crippen LogP contribution is 2.36. The number of rotatable bonds is 6. The third-order valence-electron chi connectivity index (χ3n) is 5.52. The first-order valence-corrected chi connectivity index (χ1v) is 9.34. The lowest BCUT2D eigenvalue weighted by Crippen LogP contribution is -2.35. The van der Waals surface area contributed by atoms with E-state index in [4.69, 9.17) is 5.73 Å². The molecule has 1 aliphatic rings. The van der Waals surface area contributed by atoms with Gasteiger partial charge < -0.3 is 11.1 Å². The van der Waals surface area contributed by atoms with E-state index in [1.807, 2.05) is 0 Å². The first-order valence-electron chi connectivity index (χ1n) is 9.34. The molecule has 0 saturated carbocycles. The van der Waals surface area contributed by atoms with Crippen molar-refractivity contribution >= 4 is 10.8 Å². The molecule has 0 spiro atoms. The molecule has 0 bridgehead atoms. The topological polar surface area (TPSA) is 38.0 Å². The average molecular weight is 330 g/mol. The number of hydrogen-bond donors (Lipinski definition) is 2. The Morgan fingerprint density at radius 2 is 1.76 bits per heavy atom. The van der Waals surface area contributed by atoms with Gasteiger partial charge in [-0.05, 0) is 65.3 Å². The Balaban J connectivity index is 1.50. The van der Waals surface area contributed by atoms with Crippen LogP contribution in [0.25, 0.3) is 10.8 Å². The van der Waals surface area contributed by atoms with Crippen LogP contribution in [0.15, 0.2) is 66.7 Å². The molecule has 0 fully saturated rings. The second-order valence-corrected chi connectivity index (χ2v) is 7.09. The molecule has 3 N–H and O–H groups in total. The molecule has 2 atom stereocenters. The molecule has 1 aliphatic carbocycles. The number of aryl methyl sites for hydroxylation is 1. The largest absolute Gasteiger partial charge is 0.330 e. The fourth-order valence-corrected chi connectivity index (χ4v) is 4.23. The lowest BCUT2D eigenvalue weighted by molar-refractivity contribution is 0.407. The standard InChI is InChI=1S/C23H26N2/c24-14-13-23(22-12-11-19-6-3-4-8-21(19)22)25-16-17-9-10-18-5-1-2-7-20(18)15-17/h1-10,15,22-23,25H,11-14,16,24H2. The Morgan fingerprint density at radius 1 is 0.960 bits per heavy atom. The Labute approximate surface area is 150 Å². The maximum atomic E-state index is 5.92. The van der Waals surface area contributed by atoms with E-state index < -0.39 is 0 Å². The quantitative estimate of drug-likeness (QED) is 0.704. The maximum Gasteiger partial charge on any atom is 0.0208 e. The van der Waals surface area contributed by atoms with Crippen molar-refractivity contribution < 1.29 is 0 Å². The van der Waals surface area contributed by atoms with Gasteiger partial charge >= 0.3 is 0 Å². The van der Waals surface area contributed by atoms with Crippen molar-refractivity contribution in [1.82, 2.24) is 5.32 Å². The van der Waals surface area contributed by atoms with Gasteiger partial charge in [-0.3, -0.25) is 0 Å². The molecule has 3 aromatic carbocycles. The van der Waals surface area contributed by atoms with Gasteiger partial charge in [0, 0.05) is 12.6 Å². The van der Waals surface area contributed by atoms with Crippen molar-refractivity contribution in [2.24, 2.45) is 5.73 Å². The van der Waals surface area contributed by atoms with E-state index in [1.165, 1.54) is 40.3 Å². The minimum Gasteiger partial charge on any atom is -0.330 e. The number of hydrogen-bond acceptors (Lipinski definition) is 2. The monoisotopic (exact) mass is 330 g/mol. The van der Waals surface area contributed by atoms with Gasteiger partial charge in [-0.25, -0.2) is 0 Å². The molecular formula is C23H26N2. The van der Waals surface area contributed by atoms with Crippen LogP contribution < -0.4 is 11.1 Å². The fraction of sp³-hybridized carbons (Fsp3) is 0.304. The summed E-state index contributed by atoms with van der Waals surface area (Å²) < 4.78 is 0. The van der Waals surface area contributed by atoms with Crippen LogP contribution in [0.1, 0.15) is 35.4 Å². The van der Waals surface area contributed by atoms with Crippen LogP contribution in [0.4, 0.5) is 0 Å². The summed E-state index contributed by atoms with van der Waals surface area (Å²) in [6, 6.07) is 24.6. The molecule has 2 nitrogen and oxygen atoms in total.